The monoisotopic (exact) mass is 213 g/mol. The number of hydrogen-bond donors (Lipinski definition) is 0. The summed E-state index contributed by atoms with van der Waals surface area (Å²) in [6.07, 6.45) is 3.39. The van der Waals surface area contributed by atoms with E-state index in [1.54, 1.807) is 19.4 Å². The van der Waals surface area contributed by atoms with Crippen molar-refractivity contribution in [1.82, 2.24) is 4.98 Å². The highest BCUT2D eigenvalue weighted by Gasteiger charge is 1.88. The number of aromatic nitrogens is 1. The molecule has 58 valence electrons. The molecule has 0 amide bonds. The summed E-state index contributed by atoms with van der Waals surface area (Å²) in [6.45, 7) is 0. The second-order valence-corrected chi connectivity index (χ2v) is 2.74. The van der Waals surface area contributed by atoms with Gasteiger partial charge in [0.1, 0.15) is 4.60 Å². The maximum atomic E-state index is 4.75. The molecule has 0 unspecified atom stereocenters. The minimum absolute atomic E-state index is 0.829. The minimum Gasteiger partial charge on any atom is -0.504 e. The Morgan fingerprint density at radius 1 is 1.55 bits per heavy atom. The highest BCUT2D eigenvalue weighted by Crippen LogP contribution is 2.06. The predicted molar refractivity (Wildman–Crippen MR) is 48.0 cm³/mol. The molecule has 11 heavy (non-hydrogen) atoms. The maximum absolute atomic E-state index is 4.75. The number of pyridine rings is 1. The molecule has 0 fully saturated rings. The first-order valence-corrected chi connectivity index (χ1v) is 3.94. The van der Waals surface area contributed by atoms with Crippen LogP contribution in [0.4, 0.5) is 0 Å². The smallest absolute Gasteiger partial charge is 0.106 e. The lowest BCUT2D eigenvalue weighted by molar-refractivity contribution is 0.341. The fourth-order valence-corrected chi connectivity index (χ4v) is 1.01. The van der Waals surface area contributed by atoms with Gasteiger partial charge in [0.2, 0.25) is 0 Å². The van der Waals surface area contributed by atoms with Crippen molar-refractivity contribution in [2.75, 3.05) is 7.11 Å². The van der Waals surface area contributed by atoms with Crippen molar-refractivity contribution in [3.8, 4) is 0 Å². The van der Waals surface area contributed by atoms with Crippen molar-refractivity contribution in [1.29, 1.82) is 0 Å². The van der Waals surface area contributed by atoms with Crippen molar-refractivity contribution in [2.24, 2.45) is 0 Å². The molecule has 0 N–H and O–H groups in total. The number of rotatable bonds is 2. The molecule has 1 aromatic rings. The third-order valence-electron chi connectivity index (χ3n) is 1.11. The van der Waals surface area contributed by atoms with Crippen LogP contribution in [-0.4, -0.2) is 12.1 Å². The number of ether oxygens (including phenoxy) is 1. The Labute approximate surface area is 74.0 Å². The lowest BCUT2D eigenvalue weighted by Gasteiger charge is -1.92. The molecule has 0 radical (unpaired) electrons. The van der Waals surface area contributed by atoms with E-state index in [0.29, 0.717) is 0 Å². The van der Waals surface area contributed by atoms with Crippen LogP contribution in [0, 0.1) is 0 Å². The molecule has 3 heteroatoms. The lowest BCUT2D eigenvalue weighted by Crippen LogP contribution is -1.79. The summed E-state index contributed by atoms with van der Waals surface area (Å²) in [6, 6.07) is 5.71. The standard InChI is InChI=1S/C8H8BrNO/c1-11-6-5-7-3-2-4-8(9)10-7/h2-6H,1H3/b6-5-. The molecule has 1 heterocycles. The lowest BCUT2D eigenvalue weighted by atomic mass is 10.3. The van der Waals surface area contributed by atoms with E-state index < -0.39 is 0 Å². The summed E-state index contributed by atoms with van der Waals surface area (Å²) in [5, 5.41) is 0. The van der Waals surface area contributed by atoms with Gasteiger partial charge in [-0.1, -0.05) is 6.07 Å². The molecule has 1 rings (SSSR count). The second kappa shape index (κ2) is 4.13. The van der Waals surface area contributed by atoms with Gasteiger partial charge in [0, 0.05) is 0 Å². The Balaban J connectivity index is 2.79. The van der Waals surface area contributed by atoms with Crippen LogP contribution in [0.3, 0.4) is 0 Å². The molecule has 0 aliphatic heterocycles. The molecule has 0 bridgehead atoms. The van der Waals surface area contributed by atoms with Crippen molar-refractivity contribution in [2.45, 2.75) is 0 Å². The van der Waals surface area contributed by atoms with Gasteiger partial charge in [-0.25, -0.2) is 4.98 Å². The van der Waals surface area contributed by atoms with Gasteiger partial charge in [-0.2, -0.15) is 0 Å². The summed E-state index contributed by atoms with van der Waals surface area (Å²) in [4.78, 5) is 4.16. The van der Waals surface area contributed by atoms with Gasteiger partial charge in [0.05, 0.1) is 19.1 Å². The van der Waals surface area contributed by atoms with E-state index in [1.165, 1.54) is 0 Å². The van der Waals surface area contributed by atoms with Crippen LogP contribution < -0.4 is 0 Å². The van der Waals surface area contributed by atoms with Gasteiger partial charge < -0.3 is 4.74 Å². The highest BCUT2D eigenvalue weighted by molar-refractivity contribution is 9.10. The first-order chi connectivity index (χ1) is 5.33. The van der Waals surface area contributed by atoms with Gasteiger partial charge in [-0.3, -0.25) is 0 Å². The molecule has 0 atom stereocenters. The number of nitrogens with zero attached hydrogens (tertiary/aromatic N) is 1. The van der Waals surface area contributed by atoms with E-state index >= 15 is 0 Å². The Morgan fingerprint density at radius 2 is 2.36 bits per heavy atom. The van der Waals surface area contributed by atoms with Gasteiger partial charge >= 0.3 is 0 Å². The van der Waals surface area contributed by atoms with E-state index in [2.05, 4.69) is 20.9 Å². The molecule has 1 aromatic heterocycles. The van der Waals surface area contributed by atoms with Crippen molar-refractivity contribution < 1.29 is 4.74 Å². The third-order valence-corrected chi connectivity index (χ3v) is 1.55. The molecule has 0 spiro atoms. The summed E-state index contributed by atoms with van der Waals surface area (Å²) < 4.78 is 5.58. The number of methoxy groups -OCH3 is 1. The van der Waals surface area contributed by atoms with Crippen LogP contribution in [0.15, 0.2) is 29.1 Å². The largest absolute Gasteiger partial charge is 0.504 e. The molecule has 0 saturated carbocycles. The first-order valence-electron chi connectivity index (χ1n) is 3.15. The van der Waals surface area contributed by atoms with Crippen molar-refractivity contribution in [3.05, 3.63) is 34.8 Å². The number of hydrogen-bond acceptors (Lipinski definition) is 2. The normalized spacial score (nSPS) is 10.4. The molecule has 0 saturated heterocycles. The van der Waals surface area contributed by atoms with Crippen LogP contribution in [0.5, 0.6) is 0 Å². The van der Waals surface area contributed by atoms with Crippen LogP contribution in [-0.2, 0) is 4.74 Å². The fraction of sp³-hybridized carbons (Fsp3) is 0.125. The average Bonchev–Trinajstić information content (AvgIpc) is 2.01. The van der Waals surface area contributed by atoms with E-state index in [-0.39, 0.29) is 0 Å². The Bertz CT molecular complexity index is 260. The Kier molecular flexibility index (Phi) is 3.11. The SMILES string of the molecule is CO/C=C\c1cccc(Br)n1. The third kappa shape index (κ3) is 2.72. The van der Waals surface area contributed by atoms with E-state index in [9.17, 15) is 0 Å². The predicted octanol–water partition coefficient (Wildman–Crippen LogP) is 2.46. The molecule has 0 aromatic carbocycles. The summed E-state index contributed by atoms with van der Waals surface area (Å²) in [5.74, 6) is 0. The second-order valence-electron chi connectivity index (χ2n) is 1.92. The fourth-order valence-electron chi connectivity index (χ4n) is 0.655. The topological polar surface area (TPSA) is 22.1 Å². The molecular weight excluding hydrogens is 206 g/mol. The minimum atomic E-state index is 0.829. The van der Waals surface area contributed by atoms with Gasteiger partial charge in [-0.15, -0.1) is 0 Å². The van der Waals surface area contributed by atoms with Crippen LogP contribution in [0.2, 0.25) is 0 Å². The molecule has 0 aliphatic rings. The molecular formula is C8H8BrNO. The first kappa shape index (κ1) is 8.27. The number of halogens is 1. The zero-order valence-corrected chi connectivity index (χ0v) is 7.71. The molecule has 0 aliphatic carbocycles. The average molecular weight is 214 g/mol. The van der Waals surface area contributed by atoms with Gasteiger partial charge in [0.15, 0.2) is 0 Å². The quantitative estimate of drug-likeness (QED) is 0.557. The van der Waals surface area contributed by atoms with E-state index in [0.717, 1.165) is 10.3 Å². The molecule has 2 nitrogen and oxygen atoms in total. The maximum Gasteiger partial charge on any atom is 0.106 e. The van der Waals surface area contributed by atoms with Crippen LogP contribution in [0.25, 0.3) is 6.08 Å². The van der Waals surface area contributed by atoms with Crippen molar-refractivity contribution in [3.63, 3.8) is 0 Å². The van der Waals surface area contributed by atoms with Crippen LogP contribution >= 0.6 is 15.9 Å². The van der Waals surface area contributed by atoms with Gasteiger partial charge in [-0.05, 0) is 34.1 Å². The van der Waals surface area contributed by atoms with Crippen molar-refractivity contribution >= 4 is 22.0 Å². The Morgan fingerprint density at radius 3 is 3.00 bits per heavy atom. The highest BCUT2D eigenvalue weighted by atomic mass is 79.9. The summed E-state index contributed by atoms with van der Waals surface area (Å²) in [5.41, 5.74) is 0.876. The summed E-state index contributed by atoms with van der Waals surface area (Å²) >= 11 is 3.27. The zero-order chi connectivity index (χ0) is 8.10. The zero-order valence-electron chi connectivity index (χ0n) is 6.12. The summed E-state index contributed by atoms with van der Waals surface area (Å²) in [7, 11) is 1.61. The van der Waals surface area contributed by atoms with E-state index in [1.807, 2.05) is 18.2 Å². The van der Waals surface area contributed by atoms with Gasteiger partial charge in [0.25, 0.3) is 0 Å². The van der Waals surface area contributed by atoms with E-state index in [4.69, 9.17) is 4.74 Å². The van der Waals surface area contributed by atoms with Crippen LogP contribution in [0.1, 0.15) is 5.69 Å². The Hall–Kier alpha value is -0.830.